The Hall–Kier alpha value is -0.610. The lowest BCUT2D eigenvalue weighted by atomic mass is 10.4. The standard InChI is InChI=1S/C10H15N3S/c11-5-8-6-12-10(13-7-8)14-9-3-1-2-4-9/h6-7,9H,1-5,11H2. The lowest BCUT2D eigenvalue weighted by Crippen LogP contribution is -2.00. The van der Waals surface area contributed by atoms with E-state index in [1.165, 1.54) is 25.7 Å². The Morgan fingerprint density at radius 2 is 1.93 bits per heavy atom. The predicted molar refractivity (Wildman–Crippen MR) is 58.0 cm³/mol. The Kier molecular flexibility index (Phi) is 3.37. The second-order valence-electron chi connectivity index (χ2n) is 3.60. The van der Waals surface area contributed by atoms with E-state index in [0.717, 1.165) is 16.0 Å². The lowest BCUT2D eigenvalue weighted by molar-refractivity contribution is 0.872. The van der Waals surface area contributed by atoms with E-state index in [1.54, 1.807) is 0 Å². The highest BCUT2D eigenvalue weighted by molar-refractivity contribution is 7.99. The van der Waals surface area contributed by atoms with E-state index in [9.17, 15) is 0 Å². The molecule has 0 aliphatic heterocycles. The molecule has 14 heavy (non-hydrogen) atoms. The molecule has 2 N–H and O–H groups in total. The molecule has 76 valence electrons. The zero-order valence-electron chi connectivity index (χ0n) is 8.15. The average molecular weight is 209 g/mol. The molecule has 1 aliphatic rings. The van der Waals surface area contributed by atoms with E-state index in [4.69, 9.17) is 5.73 Å². The zero-order valence-corrected chi connectivity index (χ0v) is 8.96. The minimum Gasteiger partial charge on any atom is -0.326 e. The molecule has 0 amide bonds. The molecule has 0 saturated heterocycles. The molecule has 0 bridgehead atoms. The summed E-state index contributed by atoms with van der Waals surface area (Å²) in [7, 11) is 0. The van der Waals surface area contributed by atoms with Crippen LogP contribution in [0.5, 0.6) is 0 Å². The third kappa shape index (κ3) is 2.45. The Morgan fingerprint density at radius 3 is 2.50 bits per heavy atom. The highest BCUT2D eigenvalue weighted by Gasteiger charge is 2.17. The molecule has 1 aromatic rings. The summed E-state index contributed by atoms with van der Waals surface area (Å²) in [6.45, 7) is 0.522. The largest absolute Gasteiger partial charge is 0.326 e. The van der Waals surface area contributed by atoms with Gasteiger partial charge in [-0.3, -0.25) is 0 Å². The summed E-state index contributed by atoms with van der Waals surface area (Å²) in [6.07, 6.45) is 8.99. The van der Waals surface area contributed by atoms with Crippen molar-refractivity contribution in [2.45, 2.75) is 42.6 Å². The van der Waals surface area contributed by atoms with E-state index in [2.05, 4.69) is 9.97 Å². The highest BCUT2D eigenvalue weighted by Crippen LogP contribution is 2.32. The van der Waals surface area contributed by atoms with Gasteiger partial charge in [0.05, 0.1) is 0 Å². The van der Waals surface area contributed by atoms with Crippen LogP contribution in [-0.4, -0.2) is 15.2 Å². The number of hydrogen-bond acceptors (Lipinski definition) is 4. The highest BCUT2D eigenvalue weighted by atomic mass is 32.2. The van der Waals surface area contributed by atoms with Crippen LogP contribution in [0, 0.1) is 0 Å². The van der Waals surface area contributed by atoms with Crippen molar-refractivity contribution < 1.29 is 0 Å². The minimum atomic E-state index is 0.522. The van der Waals surface area contributed by atoms with Gasteiger partial charge in [0.2, 0.25) is 0 Å². The minimum absolute atomic E-state index is 0.522. The maximum absolute atomic E-state index is 5.48. The molecule has 1 saturated carbocycles. The van der Waals surface area contributed by atoms with Gasteiger partial charge >= 0.3 is 0 Å². The van der Waals surface area contributed by atoms with Crippen LogP contribution in [0.25, 0.3) is 0 Å². The molecule has 4 heteroatoms. The normalized spacial score (nSPS) is 17.5. The van der Waals surface area contributed by atoms with Gasteiger partial charge in [-0.25, -0.2) is 9.97 Å². The van der Waals surface area contributed by atoms with E-state index >= 15 is 0 Å². The topological polar surface area (TPSA) is 51.8 Å². The third-order valence-corrected chi connectivity index (χ3v) is 3.72. The molecule has 1 aromatic heterocycles. The van der Waals surface area contributed by atoms with Crippen molar-refractivity contribution in [3.63, 3.8) is 0 Å². The molecule has 1 fully saturated rings. The van der Waals surface area contributed by atoms with Crippen molar-refractivity contribution >= 4 is 11.8 Å². The zero-order chi connectivity index (χ0) is 9.80. The van der Waals surface area contributed by atoms with Crippen LogP contribution in [0.3, 0.4) is 0 Å². The Balaban J connectivity index is 1.95. The van der Waals surface area contributed by atoms with Gasteiger partial charge in [-0.2, -0.15) is 0 Å². The molecule has 0 unspecified atom stereocenters. The van der Waals surface area contributed by atoms with E-state index < -0.39 is 0 Å². The van der Waals surface area contributed by atoms with E-state index in [1.807, 2.05) is 24.2 Å². The Labute approximate surface area is 88.5 Å². The quantitative estimate of drug-likeness (QED) is 0.773. The number of nitrogens with zero attached hydrogens (tertiary/aromatic N) is 2. The van der Waals surface area contributed by atoms with Gasteiger partial charge in [0.25, 0.3) is 0 Å². The Morgan fingerprint density at radius 1 is 1.29 bits per heavy atom. The van der Waals surface area contributed by atoms with Gasteiger partial charge in [-0.05, 0) is 12.8 Å². The maximum atomic E-state index is 5.48. The Bertz CT molecular complexity index is 280. The molecule has 2 rings (SSSR count). The van der Waals surface area contributed by atoms with Crippen molar-refractivity contribution in [3.8, 4) is 0 Å². The van der Waals surface area contributed by atoms with Crippen LogP contribution in [0.1, 0.15) is 31.2 Å². The predicted octanol–water partition coefficient (Wildman–Crippen LogP) is 1.97. The summed E-state index contributed by atoms with van der Waals surface area (Å²) in [6, 6.07) is 0. The van der Waals surface area contributed by atoms with E-state index in [0.29, 0.717) is 6.54 Å². The molecule has 0 radical (unpaired) electrons. The van der Waals surface area contributed by atoms with Crippen molar-refractivity contribution in [2.24, 2.45) is 5.73 Å². The number of nitrogens with two attached hydrogens (primary N) is 1. The van der Waals surface area contributed by atoms with Crippen LogP contribution in [0.2, 0.25) is 0 Å². The fourth-order valence-electron chi connectivity index (χ4n) is 1.66. The van der Waals surface area contributed by atoms with Gasteiger partial charge in [-0.15, -0.1) is 0 Å². The number of rotatable bonds is 3. The molecular weight excluding hydrogens is 194 g/mol. The van der Waals surface area contributed by atoms with E-state index in [-0.39, 0.29) is 0 Å². The summed E-state index contributed by atoms with van der Waals surface area (Å²) in [5, 5.41) is 1.63. The van der Waals surface area contributed by atoms with Crippen molar-refractivity contribution in [1.82, 2.24) is 9.97 Å². The summed E-state index contributed by atoms with van der Waals surface area (Å²) in [4.78, 5) is 8.57. The molecule has 1 heterocycles. The first-order chi connectivity index (χ1) is 6.88. The fourth-order valence-corrected chi connectivity index (χ4v) is 2.76. The molecule has 1 aliphatic carbocycles. The lowest BCUT2D eigenvalue weighted by Gasteiger charge is -2.06. The second-order valence-corrected chi connectivity index (χ2v) is 4.87. The molecular formula is C10H15N3S. The van der Waals surface area contributed by atoms with Crippen LogP contribution < -0.4 is 5.73 Å². The third-order valence-electron chi connectivity index (χ3n) is 2.49. The van der Waals surface area contributed by atoms with Gasteiger partial charge in [-0.1, -0.05) is 24.6 Å². The SMILES string of the molecule is NCc1cnc(SC2CCCC2)nc1. The molecule has 0 spiro atoms. The first-order valence-electron chi connectivity index (χ1n) is 5.06. The number of aromatic nitrogens is 2. The summed E-state index contributed by atoms with van der Waals surface area (Å²) in [5.41, 5.74) is 6.48. The second kappa shape index (κ2) is 4.75. The van der Waals surface area contributed by atoms with Crippen LogP contribution in [0.4, 0.5) is 0 Å². The van der Waals surface area contributed by atoms with Gasteiger partial charge in [0.1, 0.15) is 0 Å². The smallest absolute Gasteiger partial charge is 0.187 e. The van der Waals surface area contributed by atoms with Gasteiger partial charge in [0.15, 0.2) is 5.16 Å². The van der Waals surface area contributed by atoms with Gasteiger partial charge < -0.3 is 5.73 Å². The maximum Gasteiger partial charge on any atom is 0.187 e. The molecule has 0 aromatic carbocycles. The summed E-state index contributed by atoms with van der Waals surface area (Å²) in [5.74, 6) is 0. The fraction of sp³-hybridized carbons (Fsp3) is 0.600. The van der Waals surface area contributed by atoms with Crippen LogP contribution in [0.15, 0.2) is 17.6 Å². The summed E-state index contributed by atoms with van der Waals surface area (Å²) >= 11 is 1.81. The molecule has 3 nitrogen and oxygen atoms in total. The number of thioether (sulfide) groups is 1. The van der Waals surface area contributed by atoms with Crippen LogP contribution >= 0.6 is 11.8 Å². The van der Waals surface area contributed by atoms with Crippen molar-refractivity contribution in [1.29, 1.82) is 0 Å². The van der Waals surface area contributed by atoms with Crippen LogP contribution in [-0.2, 0) is 6.54 Å². The van der Waals surface area contributed by atoms with Crippen molar-refractivity contribution in [2.75, 3.05) is 0 Å². The monoisotopic (exact) mass is 209 g/mol. The average Bonchev–Trinajstić information content (AvgIpc) is 2.72. The first-order valence-corrected chi connectivity index (χ1v) is 5.94. The van der Waals surface area contributed by atoms with Crippen molar-refractivity contribution in [3.05, 3.63) is 18.0 Å². The first kappa shape index (κ1) is 9.93. The van der Waals surface area contributed by atoms with Gasteiger partial charge in [0, 0.05) is 29.8 Å². The molecule has 0 atom stereocenters. The number of hydrogen-bond donors (Lipinski definition) is 1. The summed E-state index contributed by atoms with van der Waals surface area (Å²) < 4.78 is 0.